The normalized spacial score (nSPS) is 20.9. The molecule has 1 fully saturated rings. The average molecular weight is 217 g/mol. The van der Waals surface area contributed by atoms with E-state index in [-0.39, 0.29) is 17.2 Å². The van der Waals surface area contributed by atoms with E-state index in [1.54, 1.807) is 0 Å². The van der Waals surface area contributed by atoms with Gasteiger partial charge >= 0.3 is 0 Å². The number of rotatable bonds is 1. The van der Waals surface area contributed by atoms with E-state index in [0.29, 0.717) is 0 Å². The molecule has 1 saturated heterocycles. The number of hydrogen-bond donors (Lipinski definition) is 1. The Morgan fingerprint density at radius 2 is 1.81 bits per heavy atom. The largest absolute Gasteiger partial charge is 0.356 e. The molecule has 2 rings (SSSR count). The van der Waals surface area contributed by atoms with Crippen molar-refractivity contribution in [3.05, 3.63) is 35.4 Å². The van der Waals surface area contributed by atoms with Crippen LogP contribution in [0.3, 0.4) is 0 Å². The van der Waals surface area contributed by atoms with Crippen LogP contribution in [0.15, 0.2) is 24.3 Å². The molecule has 0 aliphatic carbocycles. The Kier molecular flexibility index (Phi) is 2.75. The third-order valence-electron chi connectivity index (χ3n) is 3.23. The van der Waals surface area contributed by atoms with Crippen molar-refractivity contribution >= 4 is 5.91 Å². The molecule has 1 aromatic rings. The quantitative estimate of drug-likeness (QED) is 0.769. The third kappa shape index (κ3) is 2.11. The van der Waals surface area contributed by atoms with E-state index < -0.39 is 0 Å². The van der Waals surface area contributed by atoms with Crippen molar-refractivity contribution in [2.24, 2.45) is 0 Å². The summed E-state index contributed by atoms with van der Waals surface area (Å²) >= 11 is 0. The topological polar surface area (TPSA) is 29.1 Å². The predicted molar refractivity (Wildman–Crippen MR) is 65.5 cm³/mol. The lowest BCUT2D eigenvalue weighted by atomic mass is 9.85. The van der Waals surface area contributed by atoms with Crippen LogP contribution >= 0.6 is 0 Å². The second kappa shape index (κ2) is 3.93. The Balaban J connectivity index is 2.22. The zero-order chi connectivity index (χ0) is 11.8. The van der Waals surface area contributed by atoms with Gasteiger partial charge in [0.15, 0.2) is 0 Å². The van der Waals surface area contributed by atoms with Gasteiger partial charge in [-0.25, -0.2) is 0 Å². The van der Waals surface area contributed by atoms with Gasteiger partial charge in [0, 0.05) is 6.54 Å². The molecule has 0 bridgehead atoms. The fraction of sp³-hybridized carbons (Fsp3) is 0.500. The van der Waals surface area contributed by atoms with E-state index in [1.807, 2.05) is 0 Å². The fourth-order valence-electron chi connectivity index (χ4n) is 2.13. The highest BCUT2D eigenvalue weighted by Gasteiger charge is 2.25. The Bertz CT molecular complexity index is 386. The van der Waals surface area contributed by atoms with Crippen molar-refractivity contribution in [3.8, 4) is 0 Å². The monoisotopic (exact) mass is 217 g/mol. The molecule has 1 aliphatic rings. The van der Waals surface area contributed by atoms with Crippen molar-refractivity contribution in [1.29, 1.82) is 0 Å². The molecule has 1 heterocycles. The minimum Gasteiger partial charge on any atom is -0.356 e. The number of nitrogens with one attached hydrogen (secondary N) is 1. The number of carbonyl (C=O) groups is 1. The zero-order valence-corrected chi connectivity index (χ0v) is 10.2. The van der Waals surface area contributed by atoms with E-state index in [9.17, 15) is 4.79 Å². The Hall–Kier alpha value is -1.31. The van der Waals surface area contributed by atoms with Gasteiger partial charge in [0.2, 0.25) is 5.91 Å². The van der Waals surface area contributed by atoms with Crippen LogP contribution in [-0.4, -0.2) is 12.5 Å². The van der Waals surface area contributed by atoms with Gasteiger partial charge in [-0.1, -0.05) is 45.0 Å². The van der Waals surface area contributed by atoms with Gasteiger partial charge in [0.25, 0.3) is 0 Å². The fourth-order valence-corrected chi connectivity index (χ4v) is 2.13. The third-order valence-corrected chi connectivity index (χ3v) is 3.23. The second-order valence-electron chi connectivity index (χ2n) is 5.50. The molecule has 1 amide bonds. The molecule has 0 saturated carbocycles. The van der Waals surface area contributed by atoms with Gasteiger partial charge in [-0.3, -0.25) is 4.79 Å². The molecule has 1 atom stereocenters. The standard InChI is InChI=1S/C14H19NO/c1-14(2,3)11-6-4-10(5-7-11)12-8-9-15-13(12)16/h4-7,12H,8-9H2,1-3H3,(H,15,16)/t12-/m0/s1. The van der Waals surface area contributed by atoms with Crippen molar-refractivity contribution in [2.45, 2.75) is 38.5 Å². The first kappa shape index (κ1) is 11.2. The molecule has 2 heteroatoms. The number of benzene rings is 1. The highest BCUT2D eigenvalue weighted by Crippen LogP contribution is 2.27. The maximum Gasteiger partial charge on any atom is 0.227 e. The van der Waals surface area contributed by atoms with Gasteiger partial charge < -0.3 is 5.32 Å². The molecule has 0 unspecified atom stereocenters. The minimum atomic E-state index is 0.0639. The summed E-state index contributed by atoms with van der Waals surface area (Å²) in [7, 11) is 0. The van der Waals surface area contributed by atoms with E-state index in [1.165, 1.54) is 5.56 Å². The minimum absolute atomic E-state index is 0.0639. The first-order valence-electron chi connectivity index (χ1n) is 5.86. The summed E-state index contributed by atoms with van der Waals surface area (Å²) in [6.45, 7) is 7.41. The lowest BCUT2D eigenvalue weighted by Gasteiger charge is -2.19. The van der Waals surface area contributed by atoms with E-state index in [0.717, 1.165) is 18.5 Å². The predicted octanol–water partition coefficient (Wildman–Crippen LogP) is 2.59. The molecule has 0 spiro atoms. The van der Waals surface area contributed by atoms with Crippen LogP contribution in [0, 0.1) is 0 Å². The summed E-state index contributed by atoms with van der Waals surface area (Å²) in [6.07, 6.45) is 0.924. The van der Waals surface area contributed by atoms with Gasteiger partial charge in [-0.15, -0.1) is 0 Å². The molecule has 1 aromatic carbocycles. The van der Waals surface area contributed by atoms with E-state index >= 15 is 0 Å². The van der Waals surface area contributed by atoms with Crippen LogP contribution in [0.25, 0.3) is 0 Å². The molecule has 1 N–H and O–H groups in total. The maximum atomic E-state index is 11.5. The van der Waals surface area contributed by atoms with Crippen LogP contribution < -0.4 is 5.32 Å². The average Bonchev–Trinajstić information content (AvgIpc) is 2.63. The second-order valence-corrected chi connectivity index (χ2v) is 5.50. The van der Waals surface area contributed by atoms with Crippen molar-refractivity contribution < 1.29 is 4.79 Å². The number of carbonyl (C=O) groups excluding carboxylic acids is 1. The van der Waals surface area contributed by atoms with E-state index in [4.69, 9.17) is 0 Å². The van der Waals surface area contributed by atoms with Gasteiger partial charge in [0.1, 0.15) is 0 Å². The summed E-state index contributed by atoms with van der Waals surface area (Å²) in [5, 5.41) is 2.87. The first-order chi connectivity index (χ1) is 7.48. The molecular formula is C14H19NO. The molecule has 2 nitrogen and oxygen atoms in total. The summed E-state index contributed by atoms with van der Waals surface area (Å²) in [4.78, 5) is 11.5. The highest BCUT2D eigenvalue weighted by molar-refractivity contribution is 5.85. The summed E-state index contributed by atoms with van der Waals surface area (Å²) in [5.41, 5.74) is 2.63. The van der Waals surface area contributed by atoms with E-state index in [2.05, 4.69) is 50.4 Å². The van der Waals surface area contributed by atoms with Gasteiger partial charge in [-0.2, -0.15) is 0 Å². The molecule has 16 heavy (non-hydrogen) atoms. The van der Waals surface area contributed by atoms with Crippen LogP contribution in [0.2, 0.25) is 0 Å². The molecule has 0 aromatic heterocycles. The summed E-state index contributed by atoms with van der Waals surface area (Å²) in [5.74, 6) is 0.234. The van der Waals surface area contributed by atoms with Crippen LogP contribution in [0.5, 0.6) is 0 Å². The lowest BCUT2D eigenvalue weighted by molar-refractivity contribution is -0.120. The highest BCUT2D eigenvalue weighted by atomic mass is 16.2. The van der Waals surface area contributed by atoms with Crippen molar-refractivity contribution in [1.82, 2.24) is 5.32 Å². The maximum absolute atomic E-state index is 11.5. The lowest BCUT2D eigenvalue weighted by Crippen LogP contribution is -2.18. The van der Waals surface area contributed by atoms with Crippen LogP contribution in [-0.2, 0) is 10.2 Å². The van der Waals surface area contributed by atoms with Crippen molar-refractivity contribution in [2.75, 3.05) is 6.54 Å². The molecule has 1 aliphatic heterocycles. The Morgan fingerprint density at radius 1 is 1.19 bits per heavy atom. The molecule has 0 radical (unpaired) electrons. The Labute approximate surface area is 97.1 Å². The number of hydrogen-bond acceptors (Lipinski definition) is 1. The zero-order valence-electron chi connectivity index (χ0n) is 10.2. The SMILES string of the molecule is CC(C)(C)c1ccc([C@@H]2CCNC2=O)cc1. The summed E-state index contributed by atoms with van der Waals surface area (Å²) < 4.78 is 0. The van der Waals surface area contributed by atoms with Crippen molar-refractivity contribution in [3.63, 3.8) is 0 Å². The Morgan fingerprint density at radius 3 is 2.25 bits per heavy atom. The number of amides is 1. The van der Waals surface area contributed by atoms with Gasteiger partial charge in [-0.05, 0) is 23.0 Å². The molecular weight excluding hydrogens is 198 g/mol. The first-order valence-corrected chi connectivity index (χ1v) is 5.86. The summed E-state index contributed by atoms with van der Waals surface area (Å²) in [6, 6.07) is 8.47. The van der Waals surface area contributed by atoms with Gasteiger partial charge in [0.05, 0.1) is 5.92 Å². The van der Waals surface area contributed by atoms with Crippen LogP contribution in [0.1, 0.15) is 44.2 Å². The molecule has 86 valence electrons. The smallest absolute Gasteiger partial charge is 0.227 e. The van der Waals surface area contributed by atoms with Crippen LogP contribution in [0.4, 0.5) is 0 Å².